The van der Waals surface area contributed by atoms with E-state index < -0.39 is 5.97 Å². The molecule has 5 nitrogen and oxygen atoms in total. The van der Waals surface area contributed by atoms with E-state index in [0.29, 0.717) is 11.6 Å². The molecule has 0 atom stereocenters. The molecule has 0 unspecified atom stereocenters. The van der Waals surface area contributed by atoms with E-state index in [1.54, 1.807) is 16.8 Å². The summed E-state index contributed by atoms with van der Waals surface area (Å²) < 4.78 is 1.63. The first-order valence-electron chi connectivity index (χ1n) is 5.75. The van der Waals surface area contributed by atoms with Gasteiger partial charge in [0.05, 0.1) is 5.56 Å². The number of carboxylic acid groups (broad SMARTS) is 1. The van der Waals surface area contributed by atoms with E-state index in [-0.39, 0.29) is 5.56 Å². The zero-order chi connectivity index (χ0) is 12.4. The number of hydrogen-bond donors (Lipinski definition) is 1. The van der Waals surface area contributed by atoms with Crippen molar-refractivity contribution in [2.75, 3.05) is 0 Å². The fourth-order valence-corrected chi connectivity index (χ4v) is 1.86. The van der Waals surface area contributed by atoms with Crippen LogP contribution in [0.4, 0.5) is 0 Å². The number of nitrogens with zero attached hydrogens (tertiary/aromatic N) is 3. The Morgan fingerprint density at radius 2 is 2.18 bits per heavy atom. The van der Waals surface area contributed by atoms with E-state index in [2.05, 4.69) is 23.9 Å². The SMILES string of the molecule is CCC(CC)c1nc2cc(C(=O)O)ccn2n1. The largest absolute Gasteiger partial charge is 0.478 e. The van der Waals surface area contributed by atoms with Crippen LogP contribution in [0.15, 0.2) is 18.3 Å². The first-order chi connectivity index (χ1) is 8.15. The highest BCUT2D eigenvalue weighted by Gasteiger charge is 2.14. The Hall–Kier alpha value is -1.91. The Labute approximate surface area is 99.1 Å². The maximum Gasteiger partial charge on any atom is 0.335 e. The highest BCUT2D eigenvalue weighted by atomic mass is 16.4. The Morgan fingerprint density at radius 1 is 1.47 bits per heavy atom. The van der Waals surface area contributed by atoms with Crippen molar-refractivity contribution in [2.24, 2.45) is 0 Å². The predicted octanol–water partition coefficient (Wildman–Crippen LogP) is 2.33. The molecule has 90 valence electrons. The van der Waals surface area contributed by atoms with Gasteiger partial charge in [0.25, 0.3) is 0 Å². The molecule has 0 saturated heterocycles. The van der Waals surface area contributed by atoms with Gasteiger partial charge in [0, 0.05) is 12.1 Å². The number of fused-ring (bicyclic) bond motifs is 1. The zero-order valence-electron chi connectivity index (χ0n) is 9.92. The quantitative estimate of drug-likeness (QED) is 0.880. The molecular weight excluding hydrogens is 218 g/mol. The predicted molar refractivity (Wildman–Crippen MR) is 63.3 cm³/mol. The molecular formula is C12H15N3O2. The van der Waals surface area contributed by atoms with Gasteiger partial charge in [-0.3, -0.25) is 0 Å². The summed E-state index contributed by atoms with van der Waals surface area (Å²) in [4.78, 5) is 15.2. The van der Waals surface area contributed by atoms with Crippen molar-refractivity contribution in [3.8, 4) is 0 Å². The minimum atomic E-state index is -0.945. The summed E-state index contributed by atoms with van der Waals surface area (Å²) in [6.07, 6.45) is 3.61. The van der Waals surface area contributed by atoms with Crippen LogP contribution in [0.5, 0.6) is 0 Å². The molecule has 0 aliphatic carbocycles. The van der Waals surface area contributed by atoms with Gasteiger partial charge in [0.2, 0.25) is 0 Å². The summed E-state index contributed by atoms with van der Waals surface area (Å²) >= 11 is 0. The third-order valence-electron chi connectivity index (χ3n) is 2.95. The average Bonchev–Trinajstić information content (AvgIpc) is 2.72. The second-order valence-corrected chi connectivity index (χ2v) is 4.01. The molecule has 2 aromatic heterocycles. The van der Waals surface area contributed by atoms with Crippen molar-refractivity contribution in [3.63, 3.8) is 0 Å². The maximum absolute atomic E-state index is 10.8. The van der Waals surface area contributed by atoms with Gasteiger partial charge in [0.1, 0.15) is 0 Å². The first-order valence-corrected chi connectivity index (χ1v) is 5.75. The van der Waals surface area contributed by atoms with Crippen LogP contribution in [0.2, 0.25) is 0 Å². The van der Waals surface area contributed by atoms with Crippen molar-refractivity contribution < 1.29 is 9.90 Å². The molecule has 0 aliphatic rings. The van der Waals surface area contributed by atoms with Gasteiger partial charge in [-0.05, 0) is 25.0 Å². The standard InChI is InChI=1S/C12H15N3O2/c1-3-8(4-2)11-13-10-7-9(12(16)17)5-6-15(10)14-11/h5-8H,3-4H2,1-2H3,(H,16,17). The second kappa shape index (κ2) is 4.53. The molecule has 0 aliphatic heterocycles. The molecule has 2 aromatic rings. The van der Waals surface area contributed by atoms with E-state index >= 15 is 0 Å². The van der Waals surface area contributed by atoms with E-state index in [0.717, 1.165) is 18.7 Å². The van der Waals surface area contributed by atoms with E-state index in [4.69, 9.17) is 5.11 Å². The highest BCUT2D eigenvalue weighted by molar-refractivity contribution is 5.88. The van der Waals surface area contributed by atoms with Crippen LogP contribution in [-0.4, -0.2) is 25.7 Å². The van der Waals surface area contributed by atoms with Crippen LogP contribution >= 0.6 is 0 Å². The number of pyridine rings is 1. The lowest BCUT2D eigenvalue weighted by Gasteiger charge is -2.05. The minimum absolute atomic E-state index is 0.237. The number of rotatable bonds is 4. The van der Waals surface area contributed by atoms with Crippen molar-refractivity contribution in [2.45, 2.75) is 32.6 Å². The van der Waals surface area contributed by atoms with Gasteiger partial charge in [-0.1, -0.05) is 13.8 Å². The third kappa shape index (κ3) is 2.13. The number of aromatic nitrogens is 3. The molecule has 5 heteroatoms. The number of carbonyl (C=O) groups is 1. The van der Waals surface area contributed by atoms with E-state index in [1.165, 1.54) is 6.07 Å². The van der Waals surface area contributed by atoms with Crippen molar-refractivity contribution in [3.05, 3.63) is 29.7 Å². The molecule has 17 heavy (non-hydrogen) atoms. The van der Waals surface area contributed by atoms with Crippen LogP contribution in [0.1, 0.15) is 48.8 Å². The fourth-order valence-electron chi connectivity index (χ4n) is 1.86. The molecule has 0 aromatic carbocycles. The maximum atomic E-state index is 10.8. The monoisotopic (exact) mass is 233 g/mol. The molecule has 2 rings (SSSR count). The Bertz CT molecular complexity index is 544. The molecule has 0 bridgehead atoms. The molecule has 0 amide bonds. The first kappa shape index (κ1) is 11.6. The Kier molecular flexibility index (Phi) is 3.08. The van der Waals surface area contributed by atoms with Crippen LogP contribution in [0.3, 0.4) is 0 Å². The van der Waals surface area contributed by atoms with Gasteiger partial charge >= 0.3 is 5.97 Å². The normalized spacial score (nSPS) is 11.2. The summed E-state index contributed by atoms with van der Waals surface area (Å²) in [5.74, 6) is 0.181. The smallest absolute Gasteiger partial charge is 0.335 e. The highest BCUT2D eigenvalue weighted by Crippen LogP contribution is 2.20. The zero-order valence-corrected chi connectivity index (χ0v) is 9.92. The third-order valence-corrected chi connectivity index (χ3v) is 2.95. The Morgan fingerprint density at radius 3 is 2.76 bits per heavy atom. The molecule has 2 heterocycles. The lowest BCUT2D eigenvalue weighted by Crippen LogP contribution is -1.99. The number of carboxylic acids is 1. The van der Waals surface area contributed by atoms with Gasteiger partial charge in [-0.2, -0.15) is 5.10 Å². The summed E-state index contributed by atoms with van der Waals surface area (Å²) in [5, 5.41) is 13.3. The topological polar surface area (TPSA) is 67.5 Å². The Balaban J connectivity index is 2.46. The van der Waals surface area contributed by atoms with Crippen molar-refractivity contribution in [1.29, 1.82) is 0 Å². The summed E-state index contributed by atoms with van der Waals surface area (Å²) in [6, 6.07) is 3.07. The van der Waals surface area contributed by atoms with Crippen LogP contribution in [0.25, 0.3) is 5.65 Å². The molecule has 1 N–H and O–H groups in total. The summed E-state index contributed by atoms with van der Waals surface area (Å²) in [6.45, 7) is 4.20. The molecule has 0 radical (unpaired) electrons. The van der Waals surface area contributed by atoms with Crippen LogP contribution in [-0.2, 0) is 0 Å². The van der Waals surface area contributed by atoms with Crippen LogP contribution in [0, 0.1) is 0 Å². The summed E-state index contributed by atoms with van der Waals surface area (Å²) in [5.41, 5.74) is 0.827. The second-order valence-electron chi connectivity index (χ2n) is 4.01. The minimum Gasteiger partial charge on any atom is -0.478 e. The number of hydrogen-bond acceptors (Lipinski definition) is 3. The van der Waals surface area contributed by atoms with Gasteiger partial charge in [-0.15, -0.1) is 0 Å². The van der Waals surface area contributed by atoms with Crippen molar-refractivity contribution in [1.82, 2.24) is 14.6 Å². The van der Waals surface area contributed by atoms with Gasteiger partial charge < -0.3 is 5.11 Å². The van der Waals surface area contributed by atoms with Crippen LogP contribution < -0.4 is 0 Å². The lowest BCUT2D eigenvalue weighted by atomic mass is 10.0. The number of aromatic carboxylic acids is 1. The summed E-state index contributed by atoms with van der Waals surface area (Å²) in [7, 11) is 0. The van der Waals surface area contributed by atoms with E-state index in [9.17, 15) is 4.79 Å². The molecule has 0 saturated carbocycles. The average molecular weight is 233 g/mol. The van der Waals surface area contributed by atoms with Gasteiger partial charge in [0.15, 0.2) is 11.5 Å². The molecule has 0 fully saturated rings. The molecule has 0 spiro atoms. The fraction of sp³-hybridized carbons (Fsp3) is 0.417. The lowest BCUT2D eigenvalue weighted by molar-refractivity contribution is 0.0697. The van der Waals surface area contributed by atoms with Crippen molar-refractivity contribution >= 4 is 11.6 Å². The van der Waals surface area contributed by atoms with Gasteiger partial charge in [-0.25, -0.2) is 14.3 Å². The van der Waals surface area contributed by atoms with E-state index in [1.807, 2.05) is 0 Å².